The molecular formula is C14H17BrN4O. The second-order valence-electron chi connectivity index (χ2n) is 4.21. The van der Waals surface area contributed by atoms with Gasteiger partial charge in [0.05, 0.1) is 18.1 Å². The van der Waals surface area contributed by atoms with Gasteiger partial charge in [0.1, 0.15) is 17.4 Å². The van der Waals surface area contributed by atoms with Crippen LogP contribution in [0.15, 0.2) is 34.9 Å². The van der Waals surface area contributed by atoms with Gasteiger partial charge in [-0.25, -0.2) is 9.97 Å². The van der Waals surface area contributed by atoms with Crippen molar-refractivity contribution >= 4 is 21.7 Å². The zero-order valence-corrected chi connectivity index (χ0v) is 12.9. The van der Waals surface area contributed by atoms with E-state index in [4.69, 9.17) is 10.5 Å². The van der Waals surface area contributed by atoms with E-state index in [-0.39, 0.29) is 0 Å². The molecule has 20 heavy (non-hydrogen) atoms. The first kappa shape index (κ1) is 14.7. The van der Waals surface area contributed by atoms with Gasteiger partial charge in [-0.1, -0.05) is 6.07 Å². The quantitative estimate of drug-likeness (QED) is 0.847. The largest absolute Gasteiger partial charge is 0.496 e. The van der Waals surface area contributed by atoms with Crippen LogP contribution in [0, 0.1) is 0 Å². The lowest BCUT2D eigenvalue weighted by atomic mass is 10.1. The first-order chi connectivity index (χ1) is 9.72. The van der Waals surface area contributed by atoms with Crippen molar-refractivity contribution in [2.75, 3.05) is 19.0 Å². The number of nitrogens with zero attached hydrogens (tertiary/aromatic N) is 2. The summed E-state index contributed by atoms with van der Waals surface area (Å²) in [5.41, 5.74) is 6.73. The molecule has 0 fully saturated rings. The molecule has 106 valence electrons. The van der Waals surface area contributed by atoms with Gasteiger partial charge in [0.15, 0.2) is 0 Å². The SMILES string of the molecule is COc1ccc(CCNc2ccnc(CN)n2)cc1Br. The second-order valence-corrected chi connectivity index (χ2v) is 5.06. The maximum atomic E-state index is 5.51. The van der Waals surface area contributed by atoms with Crippen LogP contribution >= 0.6 is 15.9 Å². The highest BCUT2D eigenvalue weighted by atomic mass is 79.9. The Labute approximate surface area is 126 Å². The Hall–Kier alpha value is -1.66. The van der Waals surface area contributed by atoms with Crippen molar-refractivity contribution in [3.8, 4) is 5.75 Å². The smallest absolute Gasteiger partial charge is 0.144 e. The summed E-state index contributed by atoms with van der Waals surface area (Å²) < 4.78 is 6.17. The van der Waals surface area contributed by atoms with Crippen molar-refractivity contribution in [1.29, 1.82) is 0 Å². The molecule has 1 aromatic heterocycles. The Morgan fingerprint density at radius 3 is 2.90 bits per heavy atom. The highest BCUT2D eigenvalue weighted by Gasteiger charge is 2.02. The Kier molecular flexibility index (Phi) is 5.31. The van der Waals surface area contributed by atoms with Gasteiger partial charge >= 0.3 is 0 Å². The summed E-state index contributed by atoms with van der Waals surface area (Å²) in [6.45, 7) is 1.14. The van der Waals surface area contributed by atoms with Crippen LogP contribution in [0.25, 0.3) is 0 Å². The van der Waals surface area contributed by atoms with Crippen molar-refractivity contribution in [1.82, 2.24) is 9.97 Å². The molecule has 1 aromatic carbocycles. The fourth-order valence-corrected chi connectivity index (χ4v) is 2.38. The molecule has 3 N–H and O–H groups in total. The Balaban J connectivity index is 1.90. The fraction of sp³-hybridized carbons (Fsp3) is 0.286. The molecule has 0 aliphatic rings. The van der Waals surface area contributed by atoms with E-state index in [2.05, 4.69) is 43.3 Å². The van der Waals surface area contributed by atoms with Gasteiger partial charge in [-0.2, -0.15) is 0 Å². The summed E-state index contributed by atoms with van der Waals surface area (Å²) in [6, 6.07) is 7.90. The number of halogens is 1. The van der Waals surface area contributed by atoms with E-state index in [0.29, 0.717) is 12.4 Å². The monoisotopic (exact) mass is 336 g/mol. The number of benzene rings is 1. The third-order valence-corrected chi connectivity index (χ3v) is 3.44. The van der Waals surface area contributed by atoms with Crippen molar-refractivity contribution in [3.05, 3.63) is 46.3 Å². The summed E-state index contributed by atoms with van der Waals surface area (Å²) >= 11 is 3.48. The number of nitrogens with one attached hydrogen (secondary N) is 1. The number of rotatable bonds is 6. The van der Waals surface area contributed by atoms with Gasteiger partial charge in [-0.15, -0.1) is 0 Å². The predicted molar refractivity (Wildman–Crippen MR) is 82.8 cm³/mol. The van der Waals surface area contributed by atoms with Gasteiger partial charge in [0.25, 0.3) is 0 Å². The zero-order chi connectivity index (χ0) is 14.4. The number of hydrogen-bond donors (Lipinski definition) is 2. The number of aromatic nitrogens is 2. The molecule has 0 unspecified atom stereocenters. The van der Waals surface area contributed by atoms with Gasteiger partial charge < -0.3 is 15.8 Å². The number of anilines is 1. The standard InChI is InChI=1S/C14H17BrN4O/c1-20-12-3-2-10(8-11(12)15)4-6-17-13-5-7-18-14(9-16)19-13/h2-3,5,7-8H,4,6,9,16H2,1H3,(H,17,18,19). The maximum Gasteiger partial charge on any atom is 0.144 e. The van der Waals surface area contributed by atoms with Crippen LogP contribution in [0.2, 0.25) is 0 Å². The van der Waals surface area contributed by atoms with E-state index >= 15 is 0 Å². The molecule has 6 heteroatoms. The molecular weight excluding hydrogens is 320 g/mol. The minimum atomic E-state index is 0.348. The molecule has 5 nitrogen and oxygen atoms in total. The highest BCUT2D eigenvalue weighted by molar-refractivity contribution is 9.10. The van der Waals surface area contributed by atoms with Crippen LogP contribution in [0.5, 0.6) is 5.75 Å². The Bertz CT molecular complexity index is 577. The van der Waals surface area contributed by atoms with Gasteiger partial charge in [-0.05, 0) is 46.1 Å². The van der Waals surface area contributed by atoms with Gasteiger partial charge in [0.2, 0.25) is 0 Å². The van der Waals surface area contributed by atoms with E-state index in [1.54, 1.807) is 13.3 Å². The normalized spacial score (nSPS) is 10.3. The maximum absolute atomic E-state index is 5.51. The molecule has 0 aliphatic carbocycles. The fourth-order valence-electron chi connectivity index (χ4n) is 1.80. The number of hydrogen-bond acceptors (Lipinski definition) is 5. The lowest BCUT2D eigenvalue weighted by Crippen LogP contribution is -2.09. The van der Waals surface area contributed by atoms with E-state index in [1.165, 1.54) is 5.56 Å². The molecule has 0 saturated carbocycles. The Morgan fingerprint density at radius 2 is 2.20 bits per heavy atom. The highest BCUT2D eigenvalue weighted by Crippen LogP contribution is 2.25. The third-order valence-electron chi connectivity index (χ3n) is 2.82. The predicted octanol–water partition coefficient (Wildman–Crippen LogP) is 2.36. The average Bonchev–Trinajstić information content (AvgIpc) is 2.48. The minimum absolute atomic E-state index is 0.348. The summed E-state index contributed by atoms with van der Waals surface area (Å²) in [7, 11) is 1.66. The molecule has 0 atom stereocenters. The minimum Gasteiger partial charge on any atom is -0.496 e. The molecule has 0 bridgehead atoms. The Morgan fingerprint density at radius 1 is 1.35 bits per heavy atom. The van der Waals surface area contributed by atoms with Crippen LogP contribution in [0.4, 0.5) is 5.82 Å². The molecule has 0 aliphatic heterocycles. The summed E-state index contributed by atoms with van der Waals surface area (Å²) in [4.78, 5) is 8.35. The van der Waals surface area contributed by atoms with E-state index in [1.807, 2.05) is 12.1 Å². The topological polar surface area (TPSA) is 73.1 Å². The van der Waals surface area contributed by atoms with Gasteiger partial charge in [0, 0.05) is 12.7 Å². The van der Waals surface area contributed by atoms with Crippen molar-refractivity contribution in [2.45, 2.75) is 13.0 Å². The molecule has 0 spiro atoms. The molecule has 1 heterocycles. The van der Waals surface area contributed by atoms with E-state index in [0.717, 1.165) is 29.0 Å². The molecule has 0 saturated heterocycles. The van der Waals surface area contributed by atoms with E-state index in [9.17, 15) is 0 Å². The lowest BCUT2D eigenvalue weighted by Gasteiger charge is -2.08. The molecule has 0 radical (unpaired) electrons. The number of methoxy groups -OCH3 is 1. The molecule has 2 aromatic rings. The van der Waals surface area contributed by atoms with Crippen LogP contribution < -0.4 is 15.8 Å². The second kappa shape index (κ2) is 7.21. The molecule has 0 amide bonds. The number of nitrogens with two attached hydrogens (primary N) is 1. The van der Waals surface area contributed by atoms with Crippen molar-refractivity contribution in [3.63, 3.8) is 0 Å². The van der Waals surface area contributed by atoms with Crippen molar-refractivity contribution in [2.24, 2.45) is 5.73 Å². The zero-order valence-electron chi connectivity index (χ0n) is 11.3. The third kappa shape index (κ3) is 3.91. The van der Waals surface area contributed by atoms with Crippen LogP contribution in [0.3, 0.4) is 0 Å². The first-order valence-electron chi connectivity index (χ1n) is 6.31. The van der Waals surface area contributed by atoms with Crippen molar-refractivity contribution < 1.29 is 4.74 Å². The summed E-state index contributed by atoms with van der Waals surface area (Å²) in [5, 5.41) is 3.26. The summed E-state index contributed by atoms with van der Waals surface area (Å²) in [6.07, 6.45) is 2.60. The first-order valence-corrected chi connectivity index (χ1v) is 7.10. The van der Waals surface area contributed by atoms with Gasteiger partial charge in [-0.3, -0.25) is 0 Å². The van der Waals surface area contributed by atoms with E-state index < -0.39 is 0 Å². The summed E-state index contributed by atoms with van der Waals surface area (Å²) in [5.74, 6) is 2.28. The van der Waals surface area contributed by atoms with Crippen LogP contribution in [0.1, 0.15) is 11.4 Å². The van der Waals surface area contributed by atoms with Crippen LogP contribution in [-0.2, 0) is 13.0 Å². The number of ether oxygens (including phenoxy) is 1. The van der Waals surface area contributed by atoms with Crippen LogP contribution in [-0.4, -0.2) is 23.6 Å². The average molecular weight is 337 g/mol. The molecule has 2 rings (SSSR count). The lowest BCUT2D eigenvalue weighted by molar-refractivity contribution is 0.412.